The van der Waals surface area contributed by atoms with E-state index in [0.717, 1.165) is 18.4 Å². The van der Waals surface area contributed by atoms with Crippen LogP contribution >= 0.6 is 0 Å². The molecule has 1 aromatic rings. The monoisotopic (exact) mass is 262 g/mol. The number of aromatic nitrogens is 1. The molecule has 3 N–H and O–H groups in total. The van der Waals surface area contributed by atoms with Crippen molar-refractivity contribution in [2.24, 2.45) is 5.73 Å². The molecule has 19 heavy (non-hydrogen) atoms. The maximum atomic E-state index is 12.1. The predicted octanol–water partition coefficient (Wildman–Crippen LogP) is -0.180. The van der Waals surface area contributed by atoms with Crippen molar-refractivity contribution in [3.05, 3.63) is 30.1 Å². The highest BCUT2D eigenvalue weighted by Crippen LogP contribution is 2.31. The van der Waals surface area contributed by atoms with Crippen molar-refractivity contribution >= 4 is 11.8 Å². The molecule has 0 aliphatic carbocycles. The summed E-state index contributed by atoms with van der Waals surface area (Å²) in [6, 6.07) is 3.72. The summed E-state index contributed by atoms with van der Waals surface area (Å²) < 4.78 is 0. The molecule has 6 nitrogen and oxygen atoms in total. The standard InChI is InChI=1S/C13H18N4O2/c14-5-7-16-12(18)13(19)17-8-2-4-11(17)10-3-1-6-15-9-10/h1,3,6,9,11H,2,4-5,7-8,14H2,(H,16,18). The molecule has 0 aromatic carbocycles. The van der Waals surface area contributed by atoms with Gasteiger partial charge in [-0.1, -0.05) is 6.07 Å². The Morgan fingerprint density at radius 1 is 1.53 bits per heavy atom. The minimum atomic E-state index is -0.582. The van der Waals surface area contributed by atoms with E-state index < -0.39 is 11.8 Å². The highest BCUT2D eigenvalue weighted by atomic mass is 16.2. The van der Waals surface area contributed by atoms with Crippen molar-refractivity contribution in [2.45, 2.75) is 18.9 Å². The number of hydrogen-bond donors (Lipinski definition) is 2. The van der Waals surface area contributed by atoms with Gasteiger partial charge in [0.2, 0.25) is 0 Å². The Kier molecular flexibility index (Phi) is 4.46. The summed E-state index contributed by atoms with van der Waals surface area (Å²) in [6.45, 7) is 1.25. The number of nitrogens with two attached hydrogens (primary N) is 1. The molecular weight excluding hydrogens is 244 g/mol. The first kappa shape index (κ1) is 13.5. The van der Waals surface area contributed by atoms with Crippen LogP contribution in [0.1, 0.15) is 24.4 Å². The summed E-state index contributed by atoms with van der Waals surface area (Å²) in [5, 5.41) is 2.51. The number of likely N-dealkylation sites (tertiary alicyclic amines) is 1. The molecule has 1 aromatic heterocycles. The van der Waals surface area contributed by atoms with Gasteiger partial charge in [-0.3, -0.25) is 14.6 Å². The van der Waals surface area contributed by atoms with Gasteiger partial charge < -0.3 is 16.0 Å². The SMILES string of the molecule is NCCNC(=O)C(=O)N1CCCC1c1cccnc1. The second-order valence-corrected chi connectivity index (χ2v) is 4.49. The zero-order chi connectivity index (χ0) is 13.7. The fourth-order valence-corrected chi connectivity index (χ4v) is 2.32. The zero-order valence-corrected chi connectivity index (χ0v) is 10.7. The van der Waals surface area contributed by atoms with Crippen LogP contribution in [-0.2, 0) is 9.59 Å². The van der Waals surface area contributed by atoms with E-state index in [1.165, 1.54) is 0 Å². The maximum absolute atomic E-state index is 12.1. The summed E-state index contributed by atoms with van der Waals surface area (Å²) in [4.78, 5) is 29.5. The van der Waals surface area contributed by atoms with Crippen molar-refractivity contribution in [3.8, 4) is 0 Å². The first-order chi connectivity index (χ1) is 9.24. The van der Waals surface area contributed by atoms with Gasteiger partial charge in [-0.25, -0.2) is 0 Å². The van der Waals surface area contributed by atoms with Crippen molar-refractivity contribution < 1.29 is 9.59 Å². The van der Waals surface area contributed by atoms with Crippen molar-refractivity contribution in [3.63, 3.8) is 0 Å². The second-order valence-electron chi connectivity index (χ2n) is 4.49. The molecule has 1 aliphatic heterocycles. The lowest BCUT2D eigenvalue weighted by atomic mass is 10.1. The van der Waals surface area contributed by atoms with Crippen LogP contribution in [-0.4, -0.2) is 41.3 Å². The fourth-order valence-electron chi connectivity index (χ4n) is 2.32. The summed E-state index contributed by atoms with van der Waals surface area (Å²) >= 11 is 0. The van der Waals surface area contributed by atoms with Gasteiger partial charge >= 0.3 is 11.8 Å². The van der Waals surface area contributed by atoms with Gasteiger partial charge in [0.15, 0.2) is 0 Å². The number of rotatable bonds is 3. The van der Waals surface area contributed by atoms with Crippen LogP contribution in [0.4, 0.5) is 0 Å². The molecule has 0 radical (unpaired) electrons. The second kappa shape index (κ2) is 6.29. The van der Waals surface area contributed by atoms with E-state index >= 15 is 0 Å². The molecule has 6 heteroatoms. The quantitative estimate of drug-likeness (QED) is 0.740. The number of amides is 2. The van der Waals surface area contributed by atoms with Crippen LogP contribution in [0, 0.1) is 0 Å². The fraction of sp³-hybridized carbons (Fsp3) is 0.462. The lowest BCUT2D eigenvalue weighted by Gasteiger charge is -2.24. The van der Waals surface area contributed by atoms with E-state index in [4.69, 9.17) is 5.73 Å². The molecule has 0 spiro atoms. The van der Waals surface area contributed by atoms with E-state index in [0.29, 0.717) is 19.6 Å². The minimum absolute atomic E-state index is 0.0511. The van der Waals surface area contributed by atoms with Gasteiger partial charge in [-0.05, 0) is 24.5 Å². The lowest BCUT2D eigenvalue weighted by Crippen LogP contribution is -2.43. The van der Waals surface area contributed by atoms with Gasteiger partial charge in [0.25, 0.3) is 0 Å². The Labute approximate surface area is 112 Å². The zero-order valence-electron chi connectivity index (χ0n) is 10.7. The Morgan fingerprint density at radius 3 is 3.05 bits per heavy atom. The predicted molar refractivity (Wildman–Crippen MR) is 70.0 cm³/mol. The average molecular weight is 262 g/mol. The topological polar surface area (TPSA) is 88.3 Å². The summed E-state index contributed by atoms with van der Waals surface area (Å²) in [7, 11) is 0. The number of carbonyl (C=O) groups is 2. The van der Waals surface area contributed by atoms with Gasteiger partial charge in [0, 0.05) is 32.0 Å². The summed E-state index contributed by atoms with van der Waals surface area (Å²) in [5.41, 5.74) is 6.27. The van der Waals surface area contributed by atoms with Gasteiger partial charge in [0.1, 0.15) is 0 Å². The van der Waals surface area contributed by atoms with E-state index in [-0.39, 0.29) is 6.04 Å². The molecule has 2 heterocycles. The van der Waals surface area contributed by atoms with Crippen LogP contribution in [0.15, 0.2) is 24.5 Å². The van der Waals surface area contributed by atoms with E-state index in [1.54, 1.807) is 17.3 Å². The maximum Gasteiger partial charge on any atom is 0.312 e. The number of nitrogens with one attached hydrogen (secondary N) is 1. The summed E-state index contributed by atoms with van der Waals surface area (Å²) in [6.07, 6.45) is 5.20. The third kappa shape index (κ3) is 3.08. The van der Waals surface area contributed by atoms with Gasteiger partial charge in [-0.2, -0.15) is 0 Å². The Balaban J connectivity index is 2.06. The van der Waals surface area contributed by atoms with Crippen LogP contribution in [0.25, 0.3) is 0 Å². The Morgan fingerprint density at radius 2 is 2.37 bits per heavy atom. The largest absolute Gasteiger partial charge is 0.347 e. The van der Waals surface area contributed by atoms with Gasteiger partial charge in [-0.15, -0.1) is 0 Å². The van der Waals surface area contributed by atoms with Crippen molar-refractivity contribution in [1.82, 2.24) is 15.2 Å². The summed E-state index contributed by atoms with van der Waals surface area (Å²) in [5.74, 6) is -1.07. The number of carbonyl (C=O) groups excluding carboxylic acids is 2. The number of nitrogens with zero attached hydrogens (tertiary/aromatic N) is 2. The average Bonchev–Trinajstić information content (AvgIpc) is 2.94. The number of pyridine rings is 1. The lowest BCUT2D eigenvalue weighted by molar-refractivity contribution is -0.146. The first-order valence-corrected chi connectivity index (χ1v) is 6.43. The molecule has 0 saturated carbocycles. The molecule has 1 unspecified atom stereocenters. The normalized spacial score (nSPS) is 18.4. The van der Waals surface area contributed by atoms with E-state index in [9.17, 15) is 9.59 Å². The molecule has 1 fully saturated rings. The first-order valence-electron chi connectivity index (χ1n) is 6.43. The Bertz CT molecular complexity index is 449. The number of hydrogen-bond acceptors (Lipinski definition) is 4. The van der Waals surface area contributed by atoms with Crippen molar-refractivity contribution in [1.29, 1.82) is 0 Å². The van der Waals surface area contributed by atoms with E-state index in [1.807, 2.05) is 12.1 Å². The van der Waals surface area contributed by atoms with Crippen LogP contribution in [0.5, 0.6) is 0 Å². The highest BCUT2D eigenvalue weighted by molar-refractivity contribution is 6.35. The molecule has 2 rings (SSSR count). The molecule has 1 aliphatic rings. The molecule has 1 atom stereocenters. The molecule has 2 amide bonds. The highest BCUT2D eigenvalue weighted by Gasteiger charge is 2.33. The van der Waals surface area contributed by atoms with Crippen LogP contribution in [0.3, 0.4) is 0 Å². The smallest absolute Gasteiger partial charge is 0.312 e. The minimum Gasteiger partial charge on any atom is -0.347 e. The molecule has 102 valence electrons. The van der Waals surface area contributed by atoms with E-state index in [2.05, 4.69) is 10.3 Å². The molecule has 0 bridgehead atoms. The Hall–Kier alpha value is -1.95. The van der Waals surface area contributed by atoms with Gasteiger partial charge in [0.05, 0.1) is 6.04 Å². The molecular formula is C13H18N4O2. The third-order valence-corrected chi connectivity index (χ3v) is 3.21. The van der Waals surface area contributed by atoms with Crippen LogP contribution < -0.4 is 11.1 Å². The third-order valence-electron chi connectivity index (χ3n) is 3.21. The van der Waals surface area contributed by atoms with Crippen LogP contribution in [0.2, 0.25) is 0 Å². The van der Waals surface area contributed by atoms with Crippen molar-refractivity contribution in [2.75, 3.05) is 19.6 Å². The molecule has 1 saturated heterocycles.